The van der Waals surface area contributed by atoms with E-state index in [9.17, 15) is 4.79 Å². The number of hydrogen-bond donors (Lipinski definition) is 0. The highest BCUT2D eigenvalue weighted by atomic mass is 16.5. The highest BCUT2D eigenvalue weighted by molar-refractivity contribution is 5.83. The van der Waals surface area contributed by atoms with E-state index >= 15 is 0 Å². The Balaban J connectivity index is 1.49. The molecule has 1 spiro atoms. The molecule has 130 valence electrons. The molecular formula is C20H28N2O2. The average Bonchev–Trinajstić information content (AvgIpc) is 3.07. The van der Waals surface area contributed by atoms with E-state index in [1.807, 2.05) is 11.9 Å². The van der Waals surface area contributed by atoms with Crippen molar-refractivity contribution in [2.75, 3.05) is 39.9 Å². The number of likely N-dealkylation sites (tertiary alicyclic amines) is 1. The SMILES string of the molecule is CN1Cc2ccccc2CC2(CCN(C[C@H]3CCOC3)CC2)C1=O. The number of hydrogen-bond acceptors (Lipinski definition) is 3. The molecule has 24 heavy (non-hydrogen) atoms. The fraction of sp³-hybridized carbons (Fsp3) is 0.650. The summed E-state index contributed by atoms with van der Waals surface area (Å²) in [6.45, 7) is 5.80. The van der Waals surface area contributed by atoms with Crippen molar-refractivity contribution in [2.24, 2.45) is 11.3 Å². The van der Waals surface area contributed by atoms with Crippen LogP contribution in [-0.4, -0.2) is 55.6 Å². The molecule has 4 heteroatoms. The number of nitrogens with zero attached hydrogens (tertiary/aromatic N) is 2. The Hall–Kier alpha value is -1.39. The fourth-order valence-electron chi connectivity index (χ4n) is 4.70. The topological polar surface area (TPSA) is 32.8 Å². The van der Waals surface area contributed by atoms with Crippen LogP contribution in [-0.2, 0) is 22.5 Å². The summed E-state index contributed by atoms with van der Waals surface area (Å²) in [5.74, 6) is 1.04. The van der Waals surface area contributed by atoms with E-state index in [0.717, 1.165) is 58.7 Å². The van der Waals surface area contributed by atoms with E-state index in [-0.39, 0.29) is 5.41 Å². The van der Waals surface area contributed by atoms with Gasteiger partial charge in [0, 0.05) is 26.7 Å². The standard InChI is InChI=1S/C20H28N2O2/c1-21-14-18-5-3-2-4-17(18)12-20(19(21)23)7-9-22(10-8-20)13-16-6-11-24-15-16/h2-5,16H,6-15H2,1H3/t16-/m1/s1. The van der Waals surface area contributed by atoms with E-state index in [1.54, 1.807) is 0 Å². The van der Waals surface area contributed by atoms with Crippen LogP contribution in [0.2, 0.25) is 0 Å². The number of benzene rings is 1. The first-order valence-corrected chi connectivity index (χ1v) is 9.29. The van der Waals surface area contributed by atoms with Crippen LogP contribution in [0.5, 0.6) is 0 Å². The number of ether oxygens (including phenoxy) is 1. The fourth-order valence-corrected chi connectivity index (χ4v) is 4.70. The van der Waals surface area contributed by atoms with Crippen LogP contribution >= 0.6 is 0 Å². The van der Waals surface area contributed by atoms with E-state index in [0.29, 0.717) is 11.8 Å². The molecule has 0 saturated carbocycles. The Labute approximate surface area is 144 Å². The highest BCUT2D eigenvalue weighted by Crippen LogP contribution is 2.40. The van der Waals surface area contributed by atoms with Gasteiger partial charge in [0.1, 0.15) is 0 Å². The Morgan fingerprint density at radius 2 is 1.96 bits per heavy atom. The first-order chi connectivity index (χ1) is 11.7. The largest absolute Gasteiger partial charge is 0.381 e. The molecule has 1 amide bonds. The lowest BCUT2D eigenvalue weighted by atomic mass is 9.73. The van der Waals surface area contributed by atoms with Gasteiger partial charge >= 0.3 is 0 Å². The summed E-state index contributed by atoms with van der Waals surface area (Å²) in [6.07, 6.45) is 4.07. The molecule has 0 aromatic heterocycles. The molecular weight excluding hydrogens is 300 g/mol. The first-order valence-electron chi connectivity index (χ1n) is 9.29. The van der Waals surface area contributed by atoms with Gasteiger partial charge in [-0.05, 0) is 55.8 Å². The Morgan fingerprint density at radius 1 is 1.21 bits per heavy atom. The van der Waals surface area contributed by atoms with E-state index < -0.39 is 0 Å². The van der Waals surface area contributed by atoms with Crippen molar-refractivity contribution in [1.82, 2.24) is 9.80 Å². The van der Waals surface area contributed by atoms with Gasteiger partial charge in [-0.1, -0.05) is 24.3 Å². The number of fused-ring (bicyclic) bond motifs is 1. The minimum atomic E-state index is -0.190. The molecule has 3 heterocycles. The normalized spacial score (nSPS) is 27.3. The van der Waals surface area contributed by atoms with Gasteiger partial charge in [0.05, 0.1) is 12.0 Å². The van der Waals surface area contributed by atoms with Crippen molar-refractivity contribution < 1.29 is 9.53 Å². The second-order valence-electron chi connectivity index (χ2n) is 7.92. The molecule has 3 aliphatic heterocycles. The molecule has 2 fully saturated rings. The lowest BCUT2D eigenvalue weighted by Crippen LogP contribution is -2.50. The van der Waals surface area contributed by atoms with E-state index in [1.165, 1.54) is 17.5 Å². The number of carbonyl (C=O) groups excluding carboxylic acids is 1. The minimum Gasteiger partial charge on any atom is -0.381 e. The van der Waals surface area contributed by atoms with E-state index in [4.69, 9.17) is 4.74 Å². The molecule has 1 atom stereocenters. The van der Waals surface area contributed by atoms with Crippen molar-refractivity contribution in [3.63, 3.8) is 0 Å². The van der Waals surface area contributed by atoms with E-state index in [2.05, 4.69) is 29.2 Å². The summed E-state index contributed by atoms with van der Waals surface area (Å²) < 4.78 is 5.51. The number of piperidine rings is 1. The van der Waals surface area contributed by atoms with Gasteiger partial charge < -0.3 is 14.5 Å². The monoisotopic (exact) mass is 328 g/mol. The zero-order valence-corrected chi connectivity index (χ0v) is 14.7. The minimum absolute atomic E-state index is 0.190. The molecule has 0 aliphatic carbocycles. The number of amides is 1. The van der Waals surface area contributed by atoms with Gasteiger partial charge in [-0.2, -0.15) is 0 Å². The van der Waals surface area contributed by atoms with Crippen LogP contribution in [0.3, 0.4) is 0 Å². The van der Waals surface area contributed by atoms with Crippen LogP contribution in [0.15, 0.2) is 24.3 Å². The Bertz CT molecular complexity index is 601. The molecule has 1 aromatic carbocycles. The van der Waals surface area contributed by atoms with Crippen LogP contribution in [0, 0.1) is 11.3 Å². The molecule has 0 bridgehead atoms. The van der Waals surface area contributed by atoms with Gasteiger partial charge in [-0.25, -0.2) is 0 Å². The van der Waals surface area contributed by atoms with Crippen LogP contribution in [0.4, 0.5) is 0 Å². The second kappa shape index (κ2) is 6.49. The van der Waals surface area contributed by atoms with Gasteiger partial charge in [0.2, 0.25) is 5.91 Å². The molecule has 2 saturated heterocycles. The summed E-state index contributed by atoms with van der Waals surface area (Å²) in [5, 5.41) is 0. The van der Waals surface area contributed by atoms with Crippen molar-refractivity contribution in [1.29, 1.82) is 0 Å². The maximum atomic E-state index is 13.1. The zero-order valence-electron chi connectivity index (χ0n) is 14.7. The van der Waals surface area contributed by atoms with Crippen molar-refractivity contribution in [2.45, 2.75) is 32.2 Å². The third-order valence-electron chi connectivity index (χ3n) is 6.21. The third kappa shape index (κ3) is 2.98. The summed E-state index contributed by atoms with van der Waals surface area (Å²) in [6, 6.07) is 8.58. The van der Waals surface area contributed by atoms with Crippen molar-refractivity contribution in [3.05, 3.63) is 35.4 Å². The smallest absolute Gasteiger partial charge is 0.229 e. The maximum Gasteiger partial charge on any atom is 0.229 e. The summed E-state index contributed by atoms with van der Waals surface area (Å²) >= 11 is 0. The predicted octanol–water partition coefficient (Wildman–Crippen LogP) is 2.32. The van der Waals surface area contributed by atoms with Gasteiger partial charge in [-0.3, -0.25) is 4.79 Å². The Morgan fingerprint density at radius 3 is 2.67 bits per heavy atom. The van der Waals surface area contributed by atoms with Gasteiger partial charge in [-0.15, -0.1) is 0 Å². The lowest BCUT2D eigenvalue weighted by Gasteiger charge is -2.42. The van der Waals surface area contributed by atoms with Crippen LogP contribution in [0.1, 0.15) is 30.4 Å². The van der Waals surface area contributed by atoms with Crippen LogP contribution < -0.4 is 0 Å². The molecule has 0 N–H and O–H groups in total. The predicted molar refractivity (Wildman–Crippen MR) is 93.7 cm³/mol. The molecule has 0 radical (unpaired) electrons. The number of carbonyl (C=O) groups is 1. The molecule has 3 aliphatic rings. The van der Waals surface area contributed by atoms with Crippen molar-refractivity contribution >= 4 is 5.91 Å². The molecule has 4 nitrogen and oxygen atoms in total. The molecule has 0 unspecified atom stereocenters. The first kappa shape index (κ1) is 16.1. The lowest BCUT2D eigenvalue weighted by molar-refractivity contribution is -0.144. The van der Waals surface area contributed by atoms with Gasteiger partial charge in [0.15, 0.2) is 0 Å². The third-order valence-corrected chi connectivity index (χ3v) is 6.21. The van der Waals surface area contributed by atoms with Crippen molar-refractivity contribution in [3.8, 4) is 0 Å². The maximum absolute atomic E-state index is 13.1. The summed E-state index contributed by atoms with van der Waals surface area (Å²) in [4.78, 5) is 17.6. The van der Waals surface area contributed by atoms with Gasteiger partial charge in [0.25, 0.3) is 0 Å². The molecule has 1 aromatic rings. The quantitative estimate of drug-likeness (QED) is 0.835. The Kier molecular flexibility index (Phi) is 4.35. The highest BCUT2D eigenvalue weighted by Gasteiger charge is 2.44. The zero-order chi connectivity index (χ0) is 16.6. The number of rotatable bonds is 2. The second-order valence-corrected chi connectivity index (χ2v) is 7.92. The average molecular weight is 328 g/mol. The summed E-state index contributed by atoms with van der Waals surface area (Å²) in [7, 11) is 1.97. The summed E-state index contributed by atoms with van der Waals surface area (Å²) in [5.41, 5.74) is 2.49. The van der Waals surface area contributed by atoms with Crippen LogP contribution in [0.25, 0.3) is 0 Å². The molecule has 4 rings (SSSR count).